The van der Waals surface area contributed by atoms with Gasteiger partial charge in [0.2, 0.25) is 5.91 Å². The third-order valence-electron chi connectivity index (χ3n) is 5.84. The molecule has 5 amide bonds. The van der Waals surface area contributed by atoms with Gasteiger partial charge in [-0.3, -0.25) is 4.79 Å². The number of nitrogens with zero attached hydrogens (tertiary/aromatic N) is 1. The lowest BCUT2D eigenvalue weighted by molar-refractivity contribution is -0.126. The zero-order chi connectivity index (χ0) is 22.2. The van der Waals surface area contributed by atoms with Gasteiger partial charge in [0.25, 0.3) is 0 Å². The second-order valence-electron chi connectivity index (χ2n) is 8.89. The number of amides is 5. The molecule has 1 aromatic rings. The van der Waals surface area contributed by atoms with Gasteiger partial charge in [-0.05, 0) is 63.8 Å². The van der Waals surface area contributed by atoms with Gasteiger partial charge in [-0.25, -0.2) is 9.59 Å². The summed E-state index contributed by atoms with van der Waals surface area (Å²) >= 11 is 0. The summed E-state index contributed by atoms with van der Waals surface area (Å²) in [7, 11) is 0. The van der Waals surface area contributed by atoms with E-state index in [1.807, 2.05) is 13.8 Å². The predicted molar refractivity (Wildman–Crippen MR) is 122 cm³/mol. The van der Waals surface area contributed by atoms with Crippen LogP contribution in [0.2, 0.25) is 0 Å². The fourth-order valence-electron chi connectivity index (χ4n) is 4.22. The van der Waals surface area contributed by atoms with Crippen molar-refractivity contribution in [2.45, 2.75) is 70.9 Å². The standard InChI is InChI=1S/C23H35N5O3/c1-16(2)24-21(29)17-7-6-14-28(15-17)23(31)27-20-12-10-19(11-13-20)26-22(30)25-18-8-4-3-5-9-18/h10-13,16-18H,3-9,14-15H2,1-2H3,(H,24,29)(H,27,31)(H2,25,26,30)/t17-/m0/s1. The monoisotopic (exact) mass is 429 g/mol. The quantitative estimate of drug-likeness (QED) is 0.571. The highest BCUT2D eigenvalue weighted by atomic mass is 16.2. The van der Waals surface area contributed by atoms with Crippen LogP contribution in [0.15, 0.2) is 24.3 Å². The molecule has 1 saturated carbocycles. The SMILES string of the molecule is CC(C)NC(=O)[C@H]1CCCN(C(=O)Nc2ccc(NC(=O)NC3CCCCC3)cc2)C1. The van der Waals surface area contributed by atoms with Crippen molar-refractivity contribution in [1.29, 1.82) is 0 Å². The fourth-order valence-corrected chi connectivity index (χ4v) is 4.22. The van der Waals surface area contributed by atoms with Gasteiger partial charge < -0.3 is 26.2 Å². The molecule has 2 fully saturated rings. The van der Waals surface area contributed by atoms with E-state index in [4.69, 9.17) is 0 Å². The summed E-state index contributed by atoms with van der Waals surface area (Å²) in [6.45, 7) is 4.93. The van der Waals surface area contributed by atoms with E-state index in [1.165, 1.54) is 19.3 Å². The largest absolute Gasteiger partial charge is 0.354 e. The molecule has 0 radical (unpaired) electrons. The second kappa shape index (κ2) is 11.0. The number of urea groups is 2. The molecule has 8 heteroatoms. The Morgan fingerprint density at radius 3 is 2.19 bits per heavy atom. The molecule has 1 heterocycles. The Bertz CT molecular complexity index is 759. The zero-order valence-electron chi connectivity index (χ0n) is 18.6. The molecule has 1 aromatic carbocycles. The number of anilines is 2. The van der Waals surface area contributed by atoms with E-state index in [1.54, 1.807) is 29.2 Å². The third-order valence-corrected chi connectivity index (χ3v) is 5.84. The maximum absolute atomic E-state index is 12.6. The smallest absolute Gasteiger partial charge is 0.321 e. The molecule has 1 atom stereocenters. The van der Waals surface area contributed by atoms with E-state index < -0.39 is 0 Å². The van der Waals surface area contributed by atoms with Crippen molar-refractivity contribution in [3.05, 3.63) is 24.3 Å². The summed E-state index contributed by atoms with van der Waals surface area (Å²) in [5.41, 5.74) is 1.33. The van der Waals surface area contributed by atoms with Crippen molar-refractivity contribution < 1.29 is 14.4 Å². The fraction of sp³-hybridized carbons (Fsp3) is 0.609. The van der Waals surface area contributed by atoms with E-state index in [9.17, 15) is 14.4 Å². The number of nitrogens with one attached hydrogen (secondary N) is 4. The highest BCUT2D eigenvalue weighted by Gasteiger charge is 2.28. The maximum atomic E-state index is 12.6. The van der Waals surface area contributed by atoms with Crippen molar-refractivity contribution >= 4 is 29.3 Å². The van der Waals surface area contributed by atoms with Gasteiger partial charge in [0.1, 0.15) is 0 Å². The first-order valence-electron chi connectivity index (χ1n) is 11.4. The first-order chi connectivity index (χ1) is 14.9. The van der Waals surface area contributed by atoms with Gasteiger partial charge in [-0.15, -0.1) is 0 Å². The van der Waals surface area contributed by atoms with Gasteiger partial charge in [0.05, 0.1) is 5.92 Å². The maximum Gasteiger partial charge on any atom is 0.321 e. The molecular weight excluding hydrogens is 394 g/mol. The van der Waals surface area contributed by atoms with Crippen LogP contribution in [0.3, 0.4) is 0 Å². The van der Waals surface area contributed by atoms with E-state index in [0.29, 0.717) is 24.5 Å². The highest BCUT2D eigenvalue weighted by Crippen LogP contribution is 2.20. The Balaban J connectivity index is 1.47. The van der Waals surface area contributed by atoms with Gasteiger partial charge in [-0.2, -0.15) is 0 Å². The first-order valence-corrected chi connectivity index (χ1v) is 11.4. The number of piperidine rings is 1. The molecule has 3 rings (SSSR count). The van der Waals surface area contributed by atoms with Crippen molar-refractivity contribution in [2.75, 3.05) is 23.7 Å². The van der Waals surface area contributed by atoms with E-state index in [-0.39, 0.29) is 36.0 Å². The van der Waals surface area contributed by atoms with Crippen LogP contribution in [-0.4, -0.2) is 48.0 Å². The summed E-state index contributed by atoms with van der Waals surface area (Å²) in [5, 5.41) is 11.7. The normalized spacial score (nSPS) is 19.6. The van der Waals surface area contributed by atoms with Crippen molar-refractivity contribution in [3.8, 4) is 0 Å². The number of likely N-dealkylation sites (tertiary alicyclic amines) is 1. The summed E-state index contributed by atoms with van der Waals surface area (Å²) in [5.74, 6) is -0.161. The number of carbonyl (C=O) groups is 3. The number of carbonyl (C=O) groups excluding carboxylic acids is 3. The number of rotatable bonds is 5. The average molecular weight is 430 g/mol. The second-order valence-corrected chi connectivity index (χ2v) is 8.89. The molecule has 4 N–H and O–H groups in total. The molecule has 0 aromatic heterocycles. The lowest BCUT2D eigenvalue weighted by Crippen LogP contribution is -2.47. The molecule has 2 aliphatic rings. The summed E-state index contributed by atoms with van der Waals surface area (Å²) in [6, 6.07) is 7.01. The van der Waals surface area contributed by atoms with Crippen LogP contribution in [0.1, 0.15) is 58.8 Å². The van der Waals surface area contributed by atoms with E-state index >= 15 is 0 Å². The van der Waals surface area contributed by atoms with Crippen LogP contribution >= 0.6 is 0 Å². The molecule has 8 nitrogen and oxygen atoms in total. The lowest BCUT2D eigenvalue weighted by atomic mass is 9.96. The van der Waals surface area contributed by atoms with Gasteiger partial charge >= 0.3 is 12.1 Å². The summed E-state index contributed by atoms with van der Waals surface area (Å²) in [6.07, 6.45) is 7.26. The Hall–Kier alpha value is -2.77. The number of benzene rings is 1. The number of hydrogen-bond acceptors (Lipinski definition) is 3. The first kappa shape index (κ1) is 22.9. The highest BCUT2D eigenvalue weighted by molar-refractivity contribution is 5.92. The van der Waals surface area contributed by atoms with E-state index in [2.05, 4.69) is 21.3 Å². The topological polar surface area (TPSA) is 103 Å². The lowest BCUT2D eigenvalue weighted by Gasteiger charge is -2.32. The van der Waals surface area contributed by atoms with Crippen LogP contribution < -0.4 is 21.3 Å². The molecule has 0 spiro atoms. The van der Waals surface area contributed by atoms with Crippen LogP contribution in [0.25, 0.3) is 0 Å². The minimum absolute atomic E-state index is 0.00873. The minimum Gasteiger partial charge on any atom is -0.354 e. The predicted octanol–water partition coefficient (Wildman–Crippen LogP) is 3.91. The Kier molecular flexibility index (Phi) is 8.14. The molecule has 0 unspecified atom stereocenters. The Morgan fingerprint density at radius 1 is 0.903 bits per heavy atom. The molecule has 1 aliphatic heterocycles. The van der Waals surface area contributed by atoms with Crippen LogP contribution in [0.5, 0.6) is 0 Å². The molecule has 1 aliphatic carbocycles. The summed E-state index contributed by atoms with van der Waals surface area (Å²) < 4.78 is 0. The summed E-state index contributed by atoms with van der Waals surface area (Å²) in [4.78, 5) is 38.8. The minimum atomic E-state index is -0.210. The van der Waals surface area contributed by atoms with Crippen LogP contribution in [-0.2, 0) is 4.79 Å². The Labute approximate surface area is 184 Å². The van der Waals surface area contributed by atoms with E-state index in [0.717, 1.165) is 25.7 Å². The zero-order valence-corrected chi connectivity index (χ0v) is 18.6. The third kappa shape index (κ3) is 7.15. The van der Waals surface area contributed by atoms with Crippen molar-refractivity contribution in [1.82, 2.24) is 15.5 Å². The van der Waals surface area contributed by atoms with Crippen LogP contribution in [0.4, 0.5) is 21.0 Å². The van der Waals surface area contributed by atoms with Gasteiger partial charge in [0.15, 0.2) is 0 Å². The molecule has 1 saturated heterocycles. The molecule has 0 bridgehead atoms. The van der Waals surface area contributed by atoms with Gasteiger partial charge in [-0.1, -0.05) is 19.3 Å². The average Bonchev–Trinajstić information content (AvgIpc) is 2.75. The van der Waals surface area contributed by atoms with Crippen LogP contribution in [0, 0.1) is 5.92 Å². The van der Waals surface area contributed by atoms with Crippen molar-refractivity contribution in [3.63, 3.8) is 0 Å². The molecule has 31 heavy (non-hydrogen) atoms. The van der Waals surface area contributed by atoms with Gasteiger partial charge in [0, 0.05) is 36.5 Å². The molecule has 170 valence electrons. The Morgan fingerprint density at radius 2 is 1.55 bits per heavy atom. The van der Waals surface area contributed by atoms with Crippen molar-refractivity contribution in [2.24, 2.45) is 5.92 Å². The number of hydrogen-bond donors (Lipinski definition) is 4. The molecular formula is C23H35N5O3.